The lowest BCUT2D eigenvalue weighted by molar-refractivity contribution is 0.101. The van der Waals surface area contributed by atoms with Crippen LogP contribution in [0.15, 0.2) is 63.9 Å². The fourth-order valence-electron chi connectivity index (χ4n) is 3.47. The summed E-state index contributed by atoms with van der Waals surface area (Å²) in [4.78, 5) is 31.2. The molecule has 0 fully saturated rings. The molecule has 0 aliphatic rings. The van der Waals surface area contributed by atoms with Crippen LogP contribution in [0.4, 0.5) is 0 Å². The summed E-state index contributed by atoms with van der Waals surface area (Å²) in [5, 5.41) is 0.566. The topological polar surface area (TPSA) is 91.7 Å². The maximum absolute atomic E-state index is 13.5. The number of methoxy groups -OCH3 is 3. The molecule has 0 unspecified atom stereocenters. The van der Waals surface area contributed by atoms with Gasteiger partial charge in [0.15, 0.2) is 17.3 Å². The molecule has 1 N–H and O–H groups in total. The van der Waals surface area contributed by atoms with Gasteiger partial charge in [0.2, 0.25) is 5.75 Å². The van der Waals surface area contributed by atoms with Crippen molar-refractivity contribution >= 4 is 44.3 Å². The third-order valence-corrected chi connectivity index (χ3v) is 5.91. The Labute approximate surface area is 208 Å². The van der Waals surface area contributed by atoms with Gasteiger partial charge in [0, 0.05) is 10.0 Å². The summed E-state index contributed by atoms with van der Waals surface area (Å²) in [5.41, 5.74) is 3.28. The van der Waals surface area contributed by atoms with Crippen LogP contribution >= 0.6 is 27.5 Å². The summed E-state index contributed by atoms with van der Waals surface area (Å²) in [7, 11) is 4.46. The Balaban J connectivity index is 1.96. The third-order valence-electron chi connectivity index (χ3n) is 5.09. The number of para-hydroxylation sites is 1. The number of nitrogens with one attached hydrogen (secondary N) is 1. The van der Waals surface area contributed by atoms with Gasteiger partial charge in [-0.3, -0.25) is 15.0 Å². The van der Waals surface area contributed by atoms with Crippen LogP contribution in [0.5, 0.6) is 17.2 Å². The van der Waals surface area contributed by atoms with Crippen molar-refractivity contribution in [2.75, 3.05) is 26.8 Å². The van der Waals surface area contributed by atoms with Crippen molar-refractivity contribution in [1.29, 1.82) is 0 Å². The summed E-state index contributed by atoms with van der Waals surface area (Å²) in [6.07, 6.45) is 0. The first kappa shape index (κ1) is 23.6. The van der Waals surface area contributed by atoms with Crippen LogP contribution in [0.1, 0.15) is 10.4 Å². The Morgan fingerprint density at radius 1 is 1.00 bits per heavy atom. The second-order valence-electron chi connectivity index (χ2n) is 7.07. The molecule has 1 heterocycles. The largest absolute Gasteiger partial charge is 0.493 e. The van der Waals surface area contributed by atoms with Crippen molar-refractivity contribution in [1.82, 2.24) is 9.66 Å². The van der Waals surface area contributed by atoms with Crippen molar-refractivity contribution in [2.45, 2.75) is 0 Å². The van der Waals surface area contributed by atoms with E-state index in [1.54, 1.807) is 54.6 Å². The lowest BCUT2D eigenvalue weighted by Gasteiger charge is -2.18. The lowest BCUT2D eigenvalue weighted by atomic mass is 10.1. The highest BCUT2D eigenvalue weighted by Crippen LogP contribution is 2.40. The summed E-state index contributed by atoms with van der Waals surface area (Å²) in [5.74, 6) is 0.703. The van der Waals surface area contributed by atoms with Crippen molar-refractivity contribution in [3.63, 3.8) is 0 Å². The average molecular weight is 545 g/mol. The molecule has 0 aliphatic heterocycles. The summed E-state index contributed by atoms with van der Waals surface area (Å²) >= 11 is 9.56. The van der Waals surface area contributed by atoms with Crippen molar-refractivity contribution < 1.29 is 19.0 Å². The molecule has 0 spiro atoms. The average Bonchev–Trinajstić information content (AvgIpc) is 2.85. The van der Waals surface area contributed by atoms with E-state index in [0.717, 1.165) is 4.68 Å². The molecule has 0 aliphatic carbocycles. The molecule has 3 aromatic carbocycles. The number of nitrogens with zero attached hydrogens (tertiary/aromatic N) is 2. The molecule has 1 amide bonds. The summed E-state index contributed by atoms with van der Waals surface area (Å²) in [6, 6.07) is 15.0. The normalized spacial score (nSPS) is 10.7. The first-order valence-electron chi connectivity index (χ1n) is 9.96. The van der Waals surface area contributed by atoms with E-state index in [-0.39, 0.29) is 16.4 Å². The number of fused-ring (bicyclic) bond motifs is 1. The Hall–Kier alpha value is -3.56. The van der Waals surface area contributed by atoms with Crippen LogP contribution < -0.4 is 25.2 Å². The number of amides is 1. The molecule has 4 rings (SSSR count). The van der Waals surface area contributed by atoms with Gasteiger partial charge in [0.25, 0.3) is 11.5 Å². The SMILES string of the molecule is COc1cc(-c2nc3ccccc3c(=O)n2NC(=O)c2cc(Br)ccc2Cl)cc(OC)c1OC. The second kappa shape index (κ2) is 9.74. The van der Waals surface area contributed by atoms with Crippen LogP contribution in [0, 0.1) is 0 Å². The minimum Gasteiger partial charge on any atom is -0.493 e. The molecule has 0 radical (unpaired) electrons. The van der Waals surface area contributed by atoms with Gasteiger partial charge in [0.1, 0.15) is 0 Å². The van der Waals surface area contributed by atoms with E-state index in [1.165, 1.54) is 21.3 Å². The van der Waals surface area contributed by atoms with Gasteiger partial charge < -0.3 is 14.2 Å². The van der Waals surface area contributed by atoms with Crippen LogP contribution in [0.25, 0.3) is 22.3 Å². The first-order chi connectivity index (χ1) is 16.4. The standard InChI is InChI=1S/C24H19BrClN3O5/c1-32-19-10-13(11-20(33-2)21(19)34-3)22-27-18-7-5-4-6-15(18)24(31)29(22)28-23(30)16-12-14(25)8-9-17(16)26/h4-12H,1-3H3,(H,28,30). The second-order valence-corrected chi connectivity index (χ2v) is 8.40. The quantitative estimate of drug-likeness (QED) is 0.372. The molecule has 0 atom stereocenters. The number of carbonyl (C=O) groups excluding carboxylic acids is 1. The lowest BCUT2D eigenvalue weighted by Crippen LogP contribution is -2.35. The van der Waals surface area contributed by atoms with Crippen molar-refractivity contribution in [3.05, 3.63) is 80.0 Å². The Kier molecular flexibility index (Phi) is 6.76. The van der Waals surface area contributed by atoms with E-state index in [9.17, 15) is 9.59 Å². The highest BCUT2D eigenvalue weighted by molar-refractivity contribution is 9.10. The molecule has 8 nitrogen and oxygen atoms in total. The molecule has 10 heteroatoms. The third kappa shape index (κ3) is 4.32. The number of aromatic nitrogens is 2. The van der Waals surface area contributed by atoms with Gasteiger partial charge in [0.05, 0.1) is 42.8 Å². The number of hydrogen-bond acceptors (Lipinski definition) is 6. The summed E-state index contributed by atoms with van der Waals surface area (Å²) in [6.45, 7) is 0. The number of ether oxygens (including phenoxy) is 3. The molecular weight excluding hydrogens is 526 g/mol. The van der Waals surface area contributed by atoms with Gasteiger partial charge >= 0.3 is 0 Å². The van der Waals surface area contributed by atoms with E-state index in [1.807, 2.05) is 0 Å². The van der Waals surface area contributed by atoms with E-state index in [4.69, 9.17) is 25.8 Å². The van der Waals surface area contributed by atoms with Gasteiger partial charge in [-0.2, -0.15) is 4.68 Å². The van der Waals surface area contributed by atoms with E-state index in [2.05, 4.69) is 26.3 Å². The highest BCUT2D eigenvalue weighted by atomic mass is 79.9. The van der Waals surface area contributed by atoms with Crippen LogP contribution in [-0.4, -0.2) is 36.9 Å². The van der Waals surface area contributed by atoms with Gasteiger partial charge in [-0.05, 0) is 42.5 Å². The predicted octanol–water partition coefficient (Wildman–Crippen LogP) is 4.89. The number of hydrogen-bond donors (Lipinski definition) is 1. The van der Waals surface area contributed by atoms with Crippen LogP contribution in [-0.2, 0) is 0 Å². The highest BCUT2D eigenvalue weighted by Gasteiger charge is 2.21. The number of benzene rings is 3. The maximum Gasteiger partial charge on any atom is 0.280 e. The molecule has 0 saturated heterocycles. The van der Waals surface area contributed by atoms with Gasteiger partial charge in [-0.15, -0.1) is 0 Å². The molecule has 4 aromatic rings. The number of carbonyl (C=O) groups is 1. The molecule has 174 valence electrons. The number of halogens is 2. The molecule has 0 bridgehead atoms. The zero-order valence-electron chi connectivity index (χ0n) is 18.4. The maximum atomic E-state index is 13.5. The zero-order valence-corrected chi connectivity index (χ0v) is 20.7. The first-order valence-corrected chi connectivity index (χ1v) is 11.1. The van der Waals surface area contributed by atoms with Crippen molar-refractivity contribution in [2.24, 2.45) is 0 Å². The van der Waals surface area contributed by atoms with Crippen molar-refractivity contribution in [3.8, 4) is 28.6 Å². The molecule has 34 heavy (non-hydrogen) atoms. The zero-order chi connectivity index (χ0) is 24.4. The van der Waals surface area contributed by atoms with Gasteiger partial charge in [-0.25, -0.2) is 4.98 Å². The fourth-order valence-corrected chi connectivity index (χ4v) is 4.04. The van der Waals surface area contributed by atoms with E-state index >= 15 is 0 Å². The molecule has 0 saturated carbocycles. The Morgan fingerprint density at radius 3 is 2.32 bits per heavy atom. The van der Waals surface area contributed by atoms with E-state index < -0.39 is 11.5 Å². The smallest absolute Gasteiger partial charge is 0.280 e. The fraction of sp³-hybridized carbons (Fsp3) is 0.125. The molecular formula is C24H19BrClN3O5. The van der Waals surface area contributed by atoms with Crippen LogP contribution in [0.3, 0.4) is 0 Å². The predicted molar refractivity (Wildman–Crippen MR) is 134 cm³/mol. The Morgan fingerprint density at radius 2 is 1.68 bits per heavy atom. The minimum atomic E-state index is -0.584. The minimum absolute atomic E-state index is 0.169. The van der Waals surface area contributed by atoms with E-state index in [0.29, 0.717) is 38.2 Å². The summed E-state index contributed by atoms with van der Waals surface area (Å²) < 4.78 is 18.0. The van der Waals surface area contributed by atoms with Gasteiger partial charge in [-0.1, -0.05) is 39.7 Å². The van der Waals surface area contributed by atoms with Crippen LogP contribution in [0.2, 0.25) is 5.02 Å². The monoisotopic (exact) mass is 543 g/mol. The number of rotatable bonds is 6. The Bertz CT molecular complexity index is 1450. The molecule has 1 aromatic heterocycles.